The highest BCUT2D eigenvalue weighted by Crippen LogP contribution is 2.27. The van der Waals surface area contributed by atoms with Gasteiger partial charge in [-0.1, -0.05) is 19.1 Å². The quantitative estimate of drug-likeness (QED) is 0.408. The van der Waals surface area contributed by atoms with E-state index in [4.69, 9.17) is 5.73 Å². The maximum absolute atomic E-state index is 6.08. The Balaban J connectivity index is 0.00000192. The number of aryl methyl sites for hydroxylation is 1. The molecule has 1 aromatic heterocycles. The summed E-state index contributed by atoms with van der Waals surface area (Å²) < 4.78 is 0. The van der Waals surface area contributed by atoms with Crippen LogP contribution in [0.15, 0.2) is 40.0 Å². The molecule has 1 unspecified atom stereocenters. The van der Waals surface area contributed by atoms with Gasteiger partial charge in [-0.05, 0) is 65.3 Å². The lowest BCUT2D eigenvalue weighted by Crippen LogP contribution is -2.24. The Hall–Kier alpha value is -1.08. The molecule has 1 aliphatic carbocycles. The van der Waals surface area contributed by atoms with E-state index in [1.54, 1.807) is 11.3 Å². The fraction of sp³-hybridized carbons (Fsp3) is 0.389. The van der Waals surface area contributed by atoms with Crippen LogP contribution in [0.25, 0.3) is 0 Å². The first-order valence-electron chi connectivity index (χ1n) is 7.94. The number of halogens is 1. The summed E-state index contributed by atoms with van der Waals surface area (Å²) in [6.07, 6.45) is 4.87. The van der Waals surface area contributed by atoms with Crippen molar-refractivity contribution in [3.8, 4) is 0 Å². The minimum atomic E-state index is 0. The molecule has 5 heteroatoms. The van der Waals surface area contributed by atoms with Gasteiger partial charge in [0, 0.05) is 18.2 Å². The van der Waals surface area contributed by atoms with E-state index in [0.717, 1.165) is 12.1 Å². The SMILES string of the molecule is CC(CN=C(N)Nc1cccc2c1CCCC2)c1ccsc1.I. The lowest BCUT2D eigenvalue weighted by molar-refractivity contribution is 0.687. The topological polar surface area (TPSA) is 50.4 Å². The summed E-state index contributed by atoms with van der Waals surface area (Å²) in [5.74, 6) is 0.914. The number of nitrogens with zero attached hydrogens (tertiary/aromatic N) is 1. The first-order valence-corrected chi connectivity index (χ1v) is 8.88. The van der Waals surface area contributed by atoms with Crippen molar-refractivity contribution >= 4 is 47.0 Å². The minimum Gasteiger partial charge on any atom is -0.370 e. The summed E-state index contributed by atoms with van der Waals surface area (Å²) >= 11 is 1.72. The van der Waals surface area contributed by atoms with Crippen LogP contribution in [0.4, 0.5) is 5.69 Å². The summed E-state index contributed by atoms with van der Waals surface area (Å²) in [6.45, 7) is 2.90. The number of hydrogen-bond donors (Lipinski definition) is 2. The van der Waals surface area contributed by atoms with Gasteiger partial charge < -0.3 is 11.1 Å². The molecule has 0 radical (unpaired) electrons. The number of aliphatic imine (C=N–C) groups is 1. The van der Waals surface area contributed by atoms with Crippen molar-refractivity contribution in [2.75, 3.05) is 11.9 Å². The predicted octanol–water partition coefficient (Wildman–Crippen LogP) is 4.78. The Labute approximate surface area is 159 Å². The number of hydrogen-bond acceptors (Lipinski definition) is 2. The van der Waals surface area contributed by atoms with Gasteiger partial charge in [0.05, 0.1) is 0 Å². The number of benzene rings is 1. The van der Waals surface area contributed by atoms with Crippen molar-refractivity contribution in [1.82, 2.24) is 0 Å². The molecule has 1 aliphatic rings. The molecule has 3 rings (SSSR count). The number of anilines is 1. The number of rotatable bonds is 4. The number of nitrogens with two attached hydrogens (primary N) is 1. The Morgan fingerprint density at radius 3 is 2.91 bits per heavy atom. The third-order valence-electron chi connectivity index (χ3n) is 4.31. The fourth-order valence-corrected chi connectivity index (χ4v) is 3.75. The normalized spacial score (nSPS) is 15.4. The molecule has 1 aromatic carbocycles. The van der Waals surface area contributed by atoms with Crippen LogP contribution in [0.3, 0.4) is 0 Å². The van der Waals surface area contributed by atoms with Gasteiger partial charge >= 0.3 is 0 Å². The van der Waals surface area contributed by atoms with Crippen molar-refractivity contribution in [3.05, 3.63) is 51.7 Å². The van der Waals surface area contributed by atoms with E-state index in [9.17, 15) is 0 Å². The molecule has 0 saturated carbocycles. The summed E-state index contributed by atoms with van der Waals surface area (Å²) in [7, 11) is 0. The lowest BCUT2D eigenvalue weighted by atomic mass is 9.90. The van der Waals surface area contributed by atoms with Gasteiger partial charge in [0.1, 0.15) is 0 Å². The van der Waals surface area contributed by atoms with Crippen LogP contribution < -0.4 is 11.1 Å². The monoisotopic (exact) mass is 441 g/mol. The number of guanidine groups is 1. The van der Waals surface area contributed by atoms with Crippen LogP contribution in [0.5, 0.6) is 0 Å². The third kappa shape index (κ3) is 4.70. The van der Waals surface area contributed by atoms with Crippen LogP contribution in [-0.2, 0) is 12.8 Å². The van der Waals surface area contributed by atoms with E-state index in [1.807, 2.05) is 0 Å². The van der Waals surface area contributed by atoms with Gasteiger partial charge in [0.25, 0.3) is 0 Å². The summed E-state index contributed by atoms with van der Waals surface area (Å²) in [6, 6.07) is 8.59. The molecule has 0 aliphatic heterocycles. The molecule has 23 heavy (non-hydrogen) atoms. The van der Waals surface area contributed by atoms with Crippen molar-refractivity contribution < 1.29 is 0 Å². The van der Waals surface area contributed by atoms with Crippen molar-refractivity contribution in [3.63, 3.8) is 0 Å². The molecular weight excluding hydrogens is 417 g/mol. The van der Waals surface area contributed by atoms with Crippen LogP contribution >= 0.6 is 35.3 Å². The van der Waals surface area contributed by atoms with Gasteiger partial charge in [-0.25, -0.2) is 0 Å². The smallest absolute Gasteiger partial charge is 0.193 e. The molecule has 3 N–H and O–H groups in total. The maximum Gasteiger partial charge on any atom is 0.193 e. The summed E-state index contributed by atoms with van der Waals surface area (Å²) in [4.78, 5) is 4.51. The molecule has 0 spiro atoms. The summed E-state index contributed by atoms with van der Waals surface area (Å²) in [5, 5.41) is 7.58. The molecule has 0 fully saturated rings. The Morgan fingerprint density at radius 1 is 1.30 bits per heavy atom. The van der Waals surface area contributed by atoms with Crippen LogP contribution in [0.1, 0.15) is 42.4 Å². The van der Waals surface area contributed by atoms with Crippen LogP contribution in [0.2, 0.25) is 0 Å². The summed E-state index contributed by atoms with van der Waals surface area (Å²) in [5.41, 5.74) is 11.4. The zero-order chi connectivity index (χ0) is 15.4. The zero-order valence-corrected chi connectivity index (χ0v) is 16.6. The van der Waals surface area contributed by atoms with Gasteiger partial charge in [0.15, 0.2) is 5.96 Å². The van der Waals surface area contributed by atoms with Crippen molar-refractivity contribution in [2.45, 2.75) is 38.5 Å². The largest absolute Gasteiger partial charge is 0.370 e. The van der Waals surface area contributed by atoms with Crippen molar-refractivity contribution in [1.29, 1.82) is 0 Å². The van der Waals surface area contributed by atoms with Gasteiger partial charge in [-0.2, -0.15) is 11.3 Å². The van der Waals surface area contributed by atoms with Crippen LogP contribution in [0, 0.1) is 0 Å². The highest BCUT2D eigenvalue weighted by molar-refractivity contribution is 14.0. The first kappa shape index (κ1) is 18.3. The average Bonchev–Trinajstić information content (AvgIpc) is 3.07. The molecule has 0 saturated heterocycles. The van der Waals surface area contributed by atoms with Gasteiger partial charge in [-0.3, -0.25) is 4.99 Å². The fourth-order valence-electron chi connectivity index (χ4n) is 2.97. The van der Waals surface area contributed by atoms with E-state index in [0.29, 0.717) is 18.4 Å². The first-order chi connectivity index (χ1) is 10.7. The molecule has 0 bridgehead atoms. The predicted molar refractivity (Wildman–Crippen MR) is 111 cm³/mol. The van der Waals surface area contributed by atoms with E-state index >= 15 is 0 Å². The average molecular weight is 441 g/mol. The highest BCUT2D eigenvalue weighted by atomic mass is 127. The van der Waals surface area contributed by atoms with E-state index < -0.39 is 0 Å². The van der Waals surface area contributed by atoms with E-state index in [2.05, 4.69) is 52.3 Å². The Kier molecular flexibility index (Phi) is 6.89. The number of fused-ring (bicyclic) bond motifs is 1. The van der Waals surface area contributed by atoms with E-state index in [1.165, 1.54) is 36.0 Å². The Bertz CT molecular complexity index is 652. The molecule has 0 amide bonds. The molecule has 124 valence electrons. The molecule has 1 atom stereocenters. The minimum absolute atomic E-state index is 0. The zero-order valence-electron chi connectivity index (χ0n) is 13.4. The maximum atomic E-state index is 6.08. The molecule has 1 heterocycles. The Morgan fingerprint density at radius 2 is 2.13 bits per heavy atom. The second kappa shape index (κ2) is 8.68. The number of thiophene rings is 1. The molecule has 3 nitrogen and oxygen atoms in total. The highest BCUT2D eigenvalue weighted by Gasteiger charge is 2.13. The van der Waals surface area contributed by atoms with Gasteiger partial charge in [0.2, 0.25) is 0 Å². The second-order valence-electron chi connectivity index (χ2n) is 5.96. The number of nitrogens with one attached hydrogen (secondary N) is 1. The lowest BCUT2D eigenvalue weighted by Gasteiger charge is -2.20. The van der Waals surface area contributed by atoms with E-state index in [-0.39, 0.29) is 24.0 Å². The molecule has 2 aromatic rings. The van der Waals surface area contributed by atoms with Crippen molar-refractivity contribution in [2.24, 2.45) is 10.7 Å². The van der Waals surface area contributed by atoms with Gasteiger partial charge in [-0.15, -0.1) is 24.0 Å². The second-order valence-corrected chi connectivity index (χ2v) is 6.74. The molecular formula is C18H24IN3S. The third-order valence-corrected chi connectivity index (χ3v) is 5.01. The van der Waals surface area contributed by atoms with Crippen LogP contribution in [-0.4, -0.2) is 12.5 Å². The standard InChI is InChI=1S/C18H23N3S.HI/c1-13(15-9-10-22-12-15)11-20-18(19)21-17-8-4-6-14-5-2-3-7-16(14)17;/h4,6,8-10,12-13H,2-3,5,7,11H2,1H3,(H3,19,20,21);1H.